The number of hydroxylamine groups is 2. The molecule has 4 unspecified atom stereocenters. The van der Waals surface area contributed by atoms with E-state index in [1.165, 1.54) is 41.8 Å². The van der Waals surface area contributed by atoms with E-state index in [-0.39, 0.29) is 11.7 Å². The van der Waals surface area contributed by atoms with Gasteiger partial charge in [-0.05, 0) is 70.8 Å². The summed E-state index contributed by atoms with van der Waals surface area (Å²) in [5, 5.41) is 21.1. The molecule has 4 N–H and O–H groups in total. The van der Waals surface area contributed by atoms with Crippen LogP contribution in [0.25, 0.3) is 0 Å². The Morgan fingerprint density at radius 3 is 0.961 bits per heavy atom. The summed E-state index contributed by atoms with van der Waals surface area (Å²) in [7, 11) is 0. The van der Waals surface area contributed by atoms with E-state index in [2.05, 4.69) is 128 Å². The zero-order valence-corrected chi connectivity index (χ0v) is 46.0. The van der Waals surface area contributed by atoms with Gasteiger partial charge in [0.1, 0.15) is 26.4 Å². The minimum Gasteiger partial charge on any atom is -0.488 e. The number of ether oxygens (including phenoxy) is 4. The molecule has 0 amide bonds. The van der Waals surface area contributed by atoms with Crippen molar-refractivity contribution < 1.29 is 29.4 Å². The van der Waals surface area contributed by atoms with Crippen molar-refractivity contribution in [2.24, 2.45) is 9.98 Å². The lowest BCUT2D eigenvalue weighted by molar-refractivity contribution is 0.188. The van der Waals surface area contributed by atoms with Gasteiger partial charge in [0, 0.05) is 133 Å². The first-order chi connectivity index (χ1) is 37.5. The Bertz CT molecular complexity index is 2740. The van der Waals surface area contributed by atoms with Crippen LogP contribution >= 0.6 is 47.0 Å². The molecule has 12 rings (SSSR count). The molecule has 6 aliphatic rings. The molecular formula is C58H66N8O6S4. The second-order valence-corrected chi connectivity index (χ2v) is 23.3. The van der Waals surface area contributed by atoms with Crippen LogP contribution in [0.4, 0.5) is 11.4 Å². The van der Waals surface area contributed by atoms with E-state index in [1.807, 2.05) is 59.2 Å². The Balaban J connectivity index is 0.897. The van der Waals surface area contributed by atoms with Gasteiger partial charge in [0.25, 0.3) is 0 Å². The zero-order valence-electron chi connectivity index (χ0n) is 42.7. The maximum Gasteiger partial charge on any atom is 0.195 e. The van der Waals surface area contributed by atoms with Crippen LogP contribution in [0, 0.1) is 0 Å². The summed E-state index contributed by atoms with van der Waals surface area (Å²) < 4.78 is 26.2. The van der Waals surface area contributed by atoms with Crippen molar-refractivity contribution >= 4 is 70.1 Å². The van der Waals surface area contributed by atoms with Crippen LogP contribution < -0.4 is 29.9 Å². The molecule has 398 valence electrons. The van der Waals surface area contributed by atoms with Crippen molar-refractivity contribution in [1.29, 1.82) is 0 Å². The van der Waals surface area contributed by atoms with Crippen LogP contribution in [0.3, 0.4) is 0 Å². The summed E-state index contributed by atoms with van der Waals surface area (Å²) in [6.45, 7) is 11.3. The van der Waals surface area contributed by atoms with Gasteiger partial charge in [0.2, 0.25) is 0 Å². The molecule has 14 nitrogen and oxygen atoms in total. The van der Waals surface area contributed by atoms with Crippen molar-refractivity contribution in [3.05, 3.63) is 156 Å². The van der Waals surface area contributed by atoms with Gasteiger partial charge in [-0.1, -0.05) is 72.8 Å². The van der Waals surface area contributed by atoms with Gasteiger partial charge in [-0.15, -0.1) is 47.0 Å². The first-order valence-corrected chi connectivity index (χ1v) is 30.0. The standard InChI is InChI=1S/C58H66N8O6S4/c67-61-57(59-47-17-19-49-51(37-47)71-31-23-65-27-35-75-53-13-5-1-9-43(53)39-63(21-29-69-49)25-33-73-55-15-7-3-11-45(55)41-65)58(62-68)60-48-18-20-50-52(38-48)72-32-24-66-28-36-76-54-14-6-2-10-44(54)40-64(22-30-70-50)26-34-74-56-16-8-4-12-46(56)42-66/h1-20,37-38,67-68H,21-36,39-42H2,(H,59,61)(H,60,62). The van der Waals surface area contributed by atoms with Crippen LogP contribution in [0.1, 0.15) is 22.3 Å². The highest BCUT2D eigenvalue weighted by molar-refractivity contribution is 8.00. The Morgan fingerprint density at radius 1 is 0.368 bits per heavy atom. The SMILES string of the molecule is ONC(=Nc1ccc2c(c1)OCCN1CCSc3ccccc3CN(CCO2)CCSc2ccccc2C1)C(=Nc1ccc2c(c1)OCCN1CCSc3ccccc3CN(CCO2)CCSc2ccccc2C1)NO. The molecule has 0 fully saturated rings. The molecule has 18 heteroatoms. The minimum absolute atomic E-state index is 0.124. The van der Waals surface area contributed by atoms with Crippen LogP contribution in [0.5, 0.6) is 23.0 Å². The third-order valence-corrected chi connectivity index (χ3v) is 17.9. The lowest BCUT2D eigenvalue weighted by Gasteiger charge is -2.27. The topological polar surface area (TPSA) is 139 Å². The lowest BCUT2D eigenvalue weighted by atomic mass is 10.2. The number of aliphatic imine (C=N–C) groups is 2. The number of nitrogens with zero attached hydrogens (tertiary/aromatic N) is 6. The van der Waals surface area contributed by atoms with Crippen molar-refractivity contribution in [3.8, 4) is 23.0 Å². The third-order valence-electron chi connectivity index (χ3n) is 13.6. The third kappa shape index (κ3) is 15.0. The average molecular weight is 1100 g/mol. The molecule has 0 saturated carbocycles. The number of rotatable bonds is 2. The van der Waals surface area contributed by atoms with E-state index in [9.17, 15) is 10.4 Å². The Hall–Kier alpha value is -5.38. The maximum absolute atomic E-state index is 10.5. The number of hydrogen-bond acceptors (Lipinski definition) is 16. The highest BCUT2D eigenvalue weighted by atomic mass is 32.2. The molecule has 6 heterocycles. The molecule has 0 spiro atoms. The Kier molecular flexibility index (Phi) is 19.7. The van der Waals surface area contributed by atoms with Gasteiger partial charge in [-0.3, -0.25) is 30.0 Å². The van der Waals surface area contributed by atoms with E-state index >= 15 is 0 Å². The maximum atomic E-state index is 10.5. The molecule has 4 atom stereocenters. The van der Waals surface area contributed by atoms with E-state index in [1.54, 1.807) is 24.3 Å². The van der Waals surface area contributed by atoms with E-state index in [0.29, 0.717) is 73.9 Å². The molecule has 6 aromatic rings. The number of hydrogen-bond donors (Lipinski definition) is 4. The molecule has 6 aromatic carbocycles. The number of fused-ring (bicyclic) bond motifs is 16. The van der Waals surface area contributed by atoms with E-state index in [0.717, 1.165) is 88.5 Å². The summed E-state index contributed by atoms with van der Waals surface area (Å²) in [5.41, 5.74) is 10.5. The quantitative estimate of drug-likeness (QED) is 0.0743. The summed E-state index contributed by atoms with van der Waals surface area (Å²) in [4.78, 5) is 24.6. The smallest absolute Gasteiger partial charge is 0.195 e. The molecule has 0 aliphatic carbocycles. The van der Waals surface area contributed by atoms with Gasteiger partial charge < -0.3 is 18.9 Å². The summed E-state index contributed by atoms with van der Waals surface area (Å²) in [6, 6.07) is 45.9. The predicted octanol–water partition coefficient (Wildman–Crippen LogP) is 10.4. The lowest BCUT2D eigenvalue weighted by Crippen LogP contribution is -2.37. The van der Waals surface area contributed by atoms with E-state index in [4.69, 9.17) is 28.9 Å². The van der Waals surface area contributed by atoms with Crippen LogP contribution in [0.2, 0.25) is 0 Å². The van der Waals surface area contributed by atoms with E-state index < -0.39 is 0 Å². The molecule has 0 saturated heterocycles. The number of nitrogens with one attached hydrogen (secondary N) is 2. The molecule has 4 bridgehead atoms. The number of benzene rings is 6. The predicted molar refractivity (Wildman–Crippen MR) is 309 cm³/mol. The minimum atomic E-state index is -0.124. The summed E-state index contributed by atoms with van der Waals surface area (Å²) in [6.07, 6.45) is 0. The summed E-state index contributed by atoms with van der Waals surface area (Å²) in [5.74, 6) is 5.80. The van der Waals surface area contributed by atoms with Crippen LogP contribution in [-0.4, -0.2) is 143 Å². The molecule has 0 aromatic heterocycles. The Morgan fingerprint density at radius 2 is 0.658 bits per heavy atom. The summed E-state index contributed by atoms with van der Waals surface area (Å²) >= 11 is 7.67. The molecule has 6 aliphatic heterocycles. The molecular weight excluding hydrogens is 1030 g/mol. The van der Waals surface area contributed by atoms with Crippen molar-refractivity contribution in [2.45, 2.75) is 45.8 Å². The fourth-order valence-corrected chi connectivity index (χ4v) is 13.8. The fourth-order valence-electron chi connectivity index (χ4n) is 9.54. The second kappa shape index (κ2) is 27.8. The second-order valence-electron chi connectivity index (χ2n) is 18.7. The number of thioether (sulfide) groups is 4. The molecule has 76 heavy (non-hydrogen) atoms. The highest BCUT2D eigenvalue weighted by Gasteiger charge is 2.21. The normalized spacial score (nSPS) is 21.4. The van der Waals surface area contributed by atoms with Gasteiger partial charge in [0.05, 0.1) is 11.4 Å². The van der Waals surface area contributed by atoms with Crippen molar-refractivity contribution in [1.82, 2.24) is 30.6 Å². The van der Waals surface area contributed by atoms with Gasteiger partial charge in [-0.2, -0.15) is 0 Å². The monoisotopic (exact) mass is 1100 g/mol. The van der Waals surface area contributed by atoms with Crippen molar-refractivity contribution in [2.75, 3.05) is 102 Å². The first kappa shape index (κ1) is 54.0. The highest BCUT2D eigenvalue weighted by Crippen LogP contribution is 2.36. The zero-order chi connectivity index (χ0) is 51.7. The largest absolute Gasteiger partial charge is 0.488 e. The fraction of sp³-hybridized carbons (Fsp3) is 0.345. The van der Waals surface area contributed by atoms with Crippen LogP contribution in [0.15, 0.2) is 163 Å². The number of amidine groups is 2. The van der Waals surface area contributed by atoms with Crippen molar-refractivity contribution in [3.63, 3.8) is 0 Å². The van der Waals surface area contributed by atoms with Gasteiger partial charge >= 0.3 is 0 Å². The molecule has 0 radical (unpaired) electrons. The Labute approximate surface area is 463 Å². The first-order valence-electron chi connectivity index (χ1n) is 26.0. The van der Waals surface area contributed by atoms with Gasteiger partial charge in [0.15, 0.2) is 34.7 Å². The van der Waals surface area contributed by atoms with Gasteiger partial charge in [-0.25, -0.2) is 20.9 Å². The van der Waals surface area contributed by atoms with Crippen LogP contribution in [-0.2, 0) is 26.2 Å². The average Bonchev–Trinajstić information content (AvgIpc) is 3.43.